The van der Waals surface area contributed by atoms with E-state index in [-0.39, 0.29) is 18.3 Å². The van der Waals surface area contributed by atoms with Gasteiger partial charge in [-0.15, -0.1) is 12.4 Å². The van der Waals surface area contributed by atoms with Crippen molar-refractivity contribution < 1.29 is 4.79 Å². The third-order valence-corrected chi connectivity index (χ3v) is 6.17. The number of carbonyl (C=O) groups excluding carboxylic acids is 1. The lowest BCUT2D eigenvalue weighted by molar-refractivity contribution is 0.0495. The molecule has 2 fully saturated rings. The third kappa shape index (κ3) is 3.78. The SMILES string of the molecule is Cl.O=C(c1ccc(Br)c(Cl)c1)N1CCC2(CCNCC2)CC1. The van der Waals surface area contributed by atoms with Crippen LogP contribution in [0.1, 0.15) is 36.0 Å². The Balaban J connectivity index is 0.00000176. The number of hydrogen-bond acceptors (Lipinski definition) is 2. The highest BCUT2D eigenvalue weighted by Gasteiger charge is 2.36. The van der Waals surface area contributed by atoms with Crippen LogP contribution in [0, 0.1) is 5.41 Å². The van der Waals surface area contributed by atoms with Crippen molar-refractivity contribution in [3.8, 4) is 0 Å². The maximum absolute atomic E-state index is 12.6. The smallest absolute Gasteiger partial charge is 0.253 e. The quantitative estimate of drug-likeness (QED) is 0.758. The number of carbonyl (C=O) groups is 1. The van der Waals surface area contributed by atoms with Crippen LogP contribution in [0.2, 0.25) is 5.02 Å². The number of piperidine rings is 2. The van der Waals surface area contributed by atoms with E-state index in [2.05, 4.69) is 21.2 Å². The molecule has 3 nitrogen and oxygen atoms in total. The summed E-state index contributed by atoms with van der Waals surface area (Å²) in [4.78, 5) is 14.6. The Morgan fingerprint density at radius 1 is 1.18 bits per heavy atom. The number of hydrogen-bond donors (Lipinski definition) is 1. The number of halogens is 3. The third-order valence-electron chi connectivity index (χ3n) is 4.94. The number of nitrogens with zero attached hydrogens (tertiary/aromatic N) is 1. The van der Waals surface area contributed by atoms with Crippen LogP contribution >= 0.6 is 39.9 Å². The van der Waals surface area contributed by atoms with Gasteiger partial charge in [0.25, 0.3) is 5.91 Å². The van der Waals surface area contributed by atoms with Gasteiger partial charge in [-0.2, -0.15) is 0 Å². The van der Waals surface area contributed by atoms with E-state index in [0.29, 0.717) is 16.0 Å². The van der Waals surface area contributed by atoms with Gasteiger partial charge in [0.1, 0.15) is 0 Å². The van der Waals surface area contributed by atoms with E-state index >= 15 is 0 Å². The van der Waals surface area contributed by atoms with E-state index in [1.165, 1.54) is 12.8 Å². The van der Waals surface area contributed by atoms with Crippen LogP contribution in [-0.2, 0) is 0 Å². The van der Waals surface area contributed by atoms with Crippen LogP contribution in [0.15, 0.2) is 22.7 Å². The van der Waals surface area contributed by atoms with Crippen molar-refractivity contribution in [1.29, 1.82) is 0 Å². The van der Waals surface area contributed by atoms with Crippen LogP contribution in [0.25, 0.3) is 0 Å². The molecule has 1 aromatic carbocycles. The molecule has 0 unspecified atom stereocenters. The second-order valence-electron chi connectivity index (χ2n) is 6.17. The number of benzene rings is 1. The molecule has 1 aromatic rings. The first-order valence-electron chi connectivity index (χ1n) is 7.55. The van der Waals surface area contributed by atoms with Crippen molar-refractivity contribution in [2.45, 2.75) is 25.7 Å². The second-order valence-corrected chi connectivity index (χ2v) is 7.43. The standard InChI is InChI=1S/C16H20BrClN2O.ClH/c17-13-2-1-12(11-14(13)18)15(21)20-9-5-16(6-10-20)3-7-19-8-4-16;/h1-2,11,19H,3-10H2;1H. The van der Waals surface area contributed by atoms with Crippen LogP contribution in [0.4, 0.5) is 0 Å². The number of nitrogens with one attached hydrogen (secondary N) is 1. The van der Waals surface area contributed by atoms with Crippen LogP contribution in [0.3, 0.4) is 0 Å². The number of rotatable bonds is 1. The topological polar surface area (TPSA) is 32.3 Å². The van der Waals surface area contributed by atoms with Crippen molar-refractivity contribution in [3.05, 3.63) is 33.3 Å². The largest absolute Gasteiger partial charge is 0.339 e. The minimum atomic E-state index is 0. The first-order valence-corrected chi connectivity index (χ1v) is 8.72. The van der Waals surface area contributed by atoms with Gasteiger partial charge in [0.15, 0.2) is 0 Å². The fourth-order valence-corrected chi connectivity index (χ4v) is 3.88. The summed E-state index contributed by atoms with van der Waals surface area (Å²) >= 11 is 9.45. The summed E-state index contributed by atoms with van der Waals surface area (Å²) in [6.45, 7) is 3.98. The lowest BCUT2D eigenvalue weighted by Gasteiger charge is -2.44. The molecular formula is C16H21BrCl2N2O. The molecule has 6 heteroatoms. The fourth-order valence-electron chi connectivity index (χ4n) is 3.45. The molecule has 1 spiro atoms. The highest BCUT2D eigenvalue weighted by Crippen LogP contribution is 2.39. The zero-order chi connectivity index (χ0) is 14.9. The molecule has 2 heterocycles. The molecule has 2 saturated heterocycles. The molecule has 0 bridgehead atoms. The van der Waals surface area contributed by atoms with Crippen molar-refractivity contribution in [2.24, 2.45) is 5.41 Å². The minimum absolute atomic E-state index is 0. The summed E-state index contributed by atoms with van der Waals surface area (Å²) in [5.74, 6) is 0.105. The van der Waals surface area contributed by atoms with Gasteiger partial charge in [-0.05, 0) is 78.3 Å². The molecule has 22 heavy (non-hydrogen) atoms. The van der Waals surface area contributed by atoms with Gasteiger partial charge in [-0.25, -0.2) is 0 Å². The number of amides is 1. The molecule has 0 saturated carbocycles. The molecule has 3 rings (SSSR count). The van der Waals surface area contributed by atoms with Crippen LogP contribution in [0.5, 0.6) is 0 Å². The minimum Gasteiger partial charge on any atom is -0.339 e. The Morgan fingerprint density at radius 3 is 2.41 bits per heavy atom. The fraction of sp³-hybridized carbons (Fsp3) is 0.562. The van der Waals surface area contributed by atoms with Gasteiger partial charge in [0, 0.05) is 23.1 Å². The average Bonchev–Trinajstić information content (AvgIpc) is 2.51. The summed E-state index contributed by atoms with van der Waals surface area (Å²) in [6, 6.07) is 5.43. The lowest BCUT2D eigenvalue weighted by Crippen LogP contribution is -2.47. The Morgan fingerprint density at radius 2 is 1.82 bits per heavy atom. The highest BCUT2D eigenvalue weighted by molar-refractivity contribution is 9.10. The van der Waals surface area contributed by atoms with E-state index in [1.54, 1.807) is 6.07 Å². The van der Waals surface area contributed by atoms with E-state index in [4.69, 9.17) is 11.6 Å². The van der Waals surface area contributed by atoms with Gasteiger partial charge < -0.3 is 10.2 Å². The molecule has 1 amide bonds. The van der Waals surface area contributed by atoms with E-state index < -0.39 is 0 Å². The molecule has 2 aliphatic rings. The Labute approximate surface area is 151 Å². The first-order chi connectivity index (χ1) is 10.1. The molecule has 0 aliphatic carbocycles. The zero-order valence-electron chi connectivity index (χ0n) is 12.4. The van der Waals surface area contributed by atoms with Crippen LogP contribution in [-0.4, -0.2) is 37.0 Å². The lowest BCUT2D eigenvalue weighted by atomic mass is 9.71. The van der Waals surface area contributed by atoms with Crippen molar-refractivity contribution in [2.75, 3.05) is 26.2 Å². The molecule has 1 N–H and O–H groups in total. The summed E-state index contributed by atoms with van der Waals surface area (Å²) in [6.07, 6.45) is 4.76. The summed E-state index contributed by atoms with van der Waals surface area (Å²) < 4.78 is 0.827. The summed E-state index contributed by atoms with van der Waals surface area (Å²) in [5, 5.41) is 4.02. The van der Waals surface area contributed by atoms with Gasteiger partial charge >= 0.3 is 0 Å². The summed E-state index contributed by atoms with van der Waals surface area (Å²) in [5.41, 5.74) is 1.16. The maximum atomic E-state index is 12.6. The molecule has 0 aromatic heterocycles. The Hall–Kier alpha value is -0.290. The predicted molar refractivity (Wildman–Crippen MR) is 96.1 cm³/mol. The predicted octanol–water partition coefficient (Wildman–Crippen LogP) is 4.13. The second kappa shape index (κ2) is 7.52. The van der Waals surface area contributed by atoms with Crippen molar-refractivity contribution in [1.82, 2.24) is 10.2 Å². The average molecular weight is 408 g/mol. The zero-order valence-corrected chi connectivity index (χ0v) is 15.6. The van der Waals surface area contributed by atoms with Gasteiger partial charge in [0.05, 0.1) is 5.02 Å². The van der Waals surface area contributed by atoms with Crippen LogP contribution < -0.4 is 5.32 Å². The van der Waals surface area contributed by atoms with E-state index in [9.17, 15) is 4.79 Å². The van der Waals surface area contributed by atoms with Crippen molar-refractivity contribution >= 4 is 45.8 Å². The molecular weight excluding hydrogens is 387 g/mol. The van der Waals surface area contributed by atoms with Gasteiger partial charge in [-0.1, -0.05) is 11.6 Å². The highest BCUT2D eigenvalue weighted by atomic mass is 79.9. The van der Waals surface area contributed by atoms with Gasteiger partial charge in [-0.3, -0.25) is 4.79 Å². The molecule has 0 atom stereocenters. The molecule has 122 valence electrons. The van der Waals surface area contributed by atoms with E-state index in [0.717, 1.165) is 43.5 Å². The Bertz CT molecular complexity index is 537. The monoisotopic (exact) mass is 406 g/mol. The Kier molecular flexibility index (Phi) is 6.17. The normalized spacial score (nSPS) is 20.5. The molecule has 0 radical (unpaired) electrons. The number of likely N-dealkylation sites (tertiary alicyclic amines) is 1. The first kappa shape index (κ1) is 18.1. The maximum Gasteiger partial charge on any atom is 0.253 e. The summed E-state index contributed by atoms with van der Waals surface area (Å²) in [7, 11) is 0. The van der Waals surface area contributed by atoms with Crippen molar-refractivity contribution in [3.63, 3.8) is 0 Å². The van der Waals surface area contributed by atoms with E-state index in [1.807, 2.05) is 17.0 Å². The van der Waals surface area contributed by atoms with Gasteiger partial charge in [0.2, 0.25) is 0 Å². The molecule has 2 aliphatic heterocycles.